The highest BCUT2D eigenvalue weighted by Gasteiger charge is 2.26. The van der Waals surface area contributed by atoms with Gasteiger partial charge in [-0.1, -0.05) is 6.92 Å². The predicted octanol–water partition coefficient (Wildman–Crippen LogP) is 2.22. The SMILES string of the molecule is CC(C(=O)Nc1ccncc1F)C1CCOCC1. The molecule has 5 heteroatoms. The van der Waals surface area contributed by atoms with Gasteiger partial charge in [-0.2, -0.15) is 0 Å². The zero-order valence-corrected chi connectivity index (χ0v) is 10.4. The van der Waals surface area contributed by atoms with Crippen LogP contribution in [0.2, 0.25) is 0 Å². The highest BCUT2D eigenvalue weighted by Crippen LogP contribution is 2.25. The lowest BCUT2D eigenvalue weighted by Crippen LogP contribution is -2.31. The number of carbonyl (C=O) groups excluding carboxylic acids is 1. The first-order valence-corrected chi connectivity index (χ1v) is 6.16. The van der Waals surface area contributed by atoms with Gasteiger partial charge in [-0.3, -0.25) is 9.78 Å². The molecule has 18 heavy (non-hydrogen) atoms. The van der Waals surface area contributed by atoms with Crippen LogP contribution >= 0.6 is 0 Å². The van der Waals surface area contributed by atoms with Crippen molar-refractivity contribution in [3.8, 4) is 0 Å². The van der Waals surface area contributed by atoms with Crippen LogP contribution in [0.4, 0.5) is 10.1 Å². The predicted molar refractivity (Wildman–Crippen MR) is 65.5 cm³/mol. The van der Waals surface area contributed by atoms with Crippen LogP contribution < -0.4 is 5.32 Å². The van der Waals surface area contributed by atoms with Crippen molar-refractivity contribution in [2.24, 2.45) is 11.8 Å². The molecule has 1 saturated heterocycles. The standard InChI is InChI=1S/C13H17FN2O2/c1-9(10-3-6-18-7-4-10)13(17)16-12-2-5-15-8-11(12)14/h2,5,8-10H,3-4,6-7H2,1H3,(H,15,16,17). The van der Waals surface area contributed by atoms with Crippen LogP contribution in [-0.4, -0.2) is 24.1 Å². The molecule has 1 fully saturated rings. The summed E-state index contributed by atoms with van der Waals surface area (Å²) in [5, 5.41) is 2.61. The molecule has 0 spiro atoms. The summed E-state index contributed by atoms with van der Waals surface area (Å²) in [7, 11) is 0. The van der Waals surface area contributed by atoms with E-state index in [1.807, 2.05) is 6.92 Å². The molecule has 4 nitrogen and oxygen atoms in total. The number of anilines is 1. The minimum atomic E-state index is -0.509. The van der Waals surface area contributed by atoms with Crippen molar-refractivity contribution in [2.75, 3.05) is 18.5 Å². The van der Waals surface area contributed by atoms with E-state index in [2.05, 4.69) is 10.3 Å². The molecule has 98 valence electrons. The molecule has 0 aromatic carbocycles. The molecule has 1 aliphatic rings. The Bertz CT molecular complexity index is 419. The first kappa shape index (κ1) is 13.0. The number of hydrogen-bond acceptors (Lipinski definition) is 3. The van der Waals surface area contributed by atoms with Crippen molar-refractivity contribution in [3.63, 3.8) is 0 Å². The lowest BCUT2D eigenvalue weighted by Gasteiger charge is -2.26. The number of ether oxygens (including phenoxy) is 1. The minimum Gasteiger partial charge on any atom is -0.381 e. The van der Waals surface area contributed by atoms with Crippen LogP contribution in [0.25, 0.3) is 0 Å². The lowest BCUT2D eigenvalue weighted by molar-refractivity contribution is -0.122. The molecule has 1 atom stereocenters. The molecule has 1 aromatic rings. The maximum atomic E-state index is 13.4. The monoisotopic (exact) mass is 252 g/mol. The number of hydrogen-bond donors (Lipinski definition) is 1. The molecule has 1 aromatic heterocycles. The van der Waals surface area contributed by atoms with Crippen LogP contribution in [0.1, 0.15) is 19.8 Å². The molecule has 0 radical (unpaired) electrons. The quantitative estimate of drug-likeness (QED) is 0.897. The number of aromatic nitrogens is 1. The van der Waals surface area contributed by atoms with Crippen molar-refractivity contribution in [3.05, 3.63) is 24.3 Å². The lowest BCUT2D eigenvalue weighted by atomic mass is 9.87. The number of pyridine rings is 1. The normalized spacial score (nSPS) is 18.3. The molecule has 2 heterocycles. The Kier molecular flexibility index (Phi) is 4.25. The molecule has 1 N–H and O–H groups in total. The third-order valence-electron chi connectivity index (χ3n) is 3.42. The summed E-state index contributed by atoms with van der Waals surface area (Å²) in [6, 6.07) is 1.46. The van der Waals surface area contributed by atoms with Crippen molar-refractivity contribution in [1.29, 1.82) is 0 Å². The minimum absolute atomic E-state index is 0.138. The van der Waals surface area contributed by atoms with Crippen LogP contribution in [-0.2, 0) is 9.53 Å². The van der Waals surface area contributed by atoms with Gasteiger partial charge in [0.2, 0.25) is 5.91 Å². The Labute approximate surface area is 106 Å². The van der Waals surface area contributed by atoms with E-state index < -0.39 is 5.82 Å². The van der Waals surface area contributed by atoms with Crippen LogP contribution in [0.5, 0.6) is 0 Å². The van der Waals surface area contributed by atoms with E-state index in [1.165, 1.54) is 12.3 Å². The van der Waals surface area contributed by atoms with Gasteiger partial charge in [0.05, 0.1) is 11.9 Å². The largest absolute Gasteiger partial charge is 0.381 e. The Morgan fingerprint density at radius 1 is 1.56 bits per heavy atom. The summed E-state index contributed by atoms with van der Waals surface area (Å²) >= 11 is 0. The number of nitrogens with zero attached hydrogens (tertiary/aromatic N) is 1. The van der Waals surface area contributed by atoms with E-state index in [-0.39, 0.29) is 17.5 Å². The van der Waals surface area contributed by atoms with Gasteiger partial charge in [0.15, 0.2) is 5.82 Å². The van der Waals surface area contributed by atoms with E-state index >= 15 is 0 Å². The second-order valence-electron chi connectivity index (χ2n) is 4.58. The number of halogens is 1. The number of nitrogens with one attached hydrogen (secondary N) is 1. The van der Waals surface area contributed by atoms with E-state index in [0.717, 1.165) is 19.0 Å². The molecule has 0 saturated carbocycles. The molecule has 2 rings (SSSR count). The zero-order chi connectivity index (χ0) is 13.0. The molecule has 1 amide bonds. The van der Waals surface area contributed by atoms with Crippen molar-refractivity contribution in [2.45, 2.75) is 19.8 Å². The molecular weight excluding hydrogens is 235 g/mol. The van der Waals surface area contributed by atoms with Gasteiger partial charge in [0, 0.05) is 25.3 Å². The third kappa shape index (κ3) is 3.04. The van der Waals surface area contributed by atoms with Crippen molar-refractivity contribution < 1.29 is 13.9 Å². The molecule has 0 aliphatic carbocycles. The van der Waals surface area contributed by atoms with Crippen LogP contribution in [0.3, 0.4) is 0 Å². The van der Waals surface area contributed by atoms with E-state index in [4.69, 9.17) is 4.74 Å². The van der Waals surface area contributed by atoms with Crippen molar-refractivity contribution >= 4 is 11.6 Å². The van der Waals surface area contributed by atoms with Crippen LogP contribution in [0.15, 0.2) is 18.5 Å². The second kappa shape index (κ2) is 5.91. The summed E-state index contributed by atoms with van der Waals surface area (Å²) in [6.45, 7) is 3.28. The fourth-order valence-corrected chi connectivity index (χ4v) is 2.15. The highest BCUT2D eigenvalue weighted by atomic mass is 19.1. The van der Waals surface area contributed by atoms with Crippen molar-refractivity contribution in [1.82, 2.24) is 4.98 Å². The Morgan fingerprint density at radius 3 is 2.94 bits per heavy atom. The topological polar surface area (TPSA) is 51.2 Å². The fourth-order valence-electron chi connectivity index (χ4n) is 2.15. The van der Waals surface area contributed by atoms with E-state index in [1.54, 1.807) is 0 Å². The first-order valence-electron chi connectivity index (χ1n) is 6.16. The van der Waals surface area contributed by atoms with Gasteiger partial charge >= 0.3 is 0 Å². The molecular formula is C13H17FN2O2. The van der Waals surface area contributed by atoms with Gasteiger partial charge in [-0.25, -0.2) is 4.39 Å². The Balaban J connectivity index is 1.97. The van der Waals surface area contributed by atoms with E-state index in [9.17, 15) is 9.18 Å². The summed E-state index contributed by atoms with van der Waals surface area (Å²) in [5.41, 5.74) is 0.189. The zero-order valence-electron chi connectivity index (χ0n) is 10.4. The summed E-state index contributed by atoms with van der Waals surface area (Å²) in [4.78, 5) is 15.7. The average molecular weight is 252 g/mol. The first-order chi connectivity index (χ1) is 8.68. The Hall–Kier alpha value is -1.49. The number of rotatable bonds is 3. The maximum absolute atomic E-state index is 13.4. The molecule has 1 aliphatic heterocycles. The summed E-state index contributed by atoms with van der Waals surface area (Å²) in [6.07, 6.45) is 4.31. The average Bonchev–Trinajstić information content (AvgIpc) is 2.41. The highest BCUT2D eigenvalue weighted by molar-refractivity contribution is 5.92. The maximum Gasteiger partial charge on any atom is 0.227 e. The van der Waals surface area contributed by atoms with Gasteiger partial charge in [0.25, 0.3) is 0 Å². The fraction of sp³-hybridized carbons (Fsp3) is 0.538. The Morgan fingerprint density at radius 2 is 2.28 bits per heavy atom. The van der Waals surface area contributed by atoms with Gasteiger partial charge < -0.3 is 10.1 Å². The number of carbonyl (C=O) groups is 1. The molecule has 1 unspecified atom stereocenters. The van der Waals surface area contributed by atoms with Crippen LogP contribution in [0, 0.1) is 17.7 Å². The summed E-state index contributed by atoms with van der Waals surface area (Å²) < 4.78 is 18.6. The van der Waals surface area contributed by atoms with Gasteiger partial charge in [0.1, 0.15) is 0 Å². The van der Waals surface area contributed by atoms with E-state index in [0.29, 0.717) is 19.1 Å². The second-order valence-corrected chi connectivity index (χ2v) is 4.58. The van der Waals surface area contributed by atoms with Gasteiger partial charge in [-0.05, 0) is 24.8 Å². The number of amides is 1. The van der Waals surface area contributed by atoms with Gasteiger partial charge in [-0.15, -0.1) is 0 Å². The molecule has 0 bridgehead atoms. The third-order valence-corrected chi connectivity index (χ3v) is 3.42. The summed E-state index contributed by atoms with van der Waals surface area (Å²) in [5.74, 6) is -0.484. The smallest absolute Gasteiger partial charge is 0.227 e.